The van der Waals surface area contributed by atoms with Gasteiger partial charge in [0.1, 0.15) is 11.9 Å². The number of H-pyrrole nitrogens is 1. The van der Waals surface area contributed by atoms with Gasteiger partial charge >= 0.3 is 11.9 Å². The first-order valence-electron chi connectivity index (χ1n) is 23.5. The van der Waals surface area contributed by atoms with Gasteiger partial charge in [-0.25, -0.2) is 4.98 Å². The van der Waals surface area contributed by atoms with E-state index in [-0.39, 0.29) is 58.0 Å². The van der Waals surface area contributed by atoms with Crippen molar-refractivity contribution >= 4 is 17.8 Å². The van der Waals surface area contributed by atoms with Crippen molar-refractivity contribution in [1.29, 1.82) is 0 Å². The number of ether oxygens (including phenoxy) is 1. The third-order valence-electron chi connectivity index (χ3n) is 19.7. The van der Waals surface area contributed by atoms with Crippen LogP contribution in [0.5, 0.6) is 0 Å². The summed E-state index contributed by atoms with van der Waals surface area (Å²) in [6, 6.07) is 4.00. The molecule has 2 N–H and O–H groups in total. The molecule has 9 nitrogen and oxygen atoms in total. The van der Waals surface area contributed by atoms with Gasteiger partial charge in [-0.1, -0.05) is 55.4 Å². The maximum Gasteiger partial charge on any atom is 0.306 e. The van der Waals surface area contributed by atoms with Crippen LogP contribution in [-0.2, 0) is 19.1 Å². The Morgan fingerprint density at radius 3 is 2.34 bits per heavy atom. The van der Waals surface area contributed by atoms with Gasteiger partial charge in [0.05, 0.1) is 36.2 Å². The Labute approximate surface area is 353 Å². The minimum atomic E-state index is -0.882. The van der Waals surface area contributed by atoms with Crippen LogP contribution < -0.4 is 0 Å². The van der Waals surface area contributed by atoms with Crippen LogP contribution in [-0.4, -0.2) is 55.5 Å². The van der Waals surface area contributed by atoms with E-state index < -0.39 is 11.4 Å². The minimum absolute atomic E-state index is 0.00992. The van der Waals surface area contributed by atoms with Gasteiger partial charge in [0.15, 0.2) is 0 Å². The van der Waals surface area contributed by atoms with Crippen molar-refractivity contribution in [3.8, 4) is 11.3 Å². The van der Waals surface area contributed by atoms with Crippen LogP contribution in [0.3, 0.4) is 0 Å². The zero-order chi connectivity index (χ0) is 42.0. The van der Waals surface area contributed by atoms with E-state index in [0.29, 0.717) is 40.9 Å². The van der Waals surface area contributed by atoms with Crippen molar-refractivity contribution in [2.45, 2.75) is 170 Å². The number of pyridine rings is 1. The number of hydrogen-bond acceptors (Lipinski definition) is 6. The average molecular weight is 809 g/mol. The number of esters is 1. The highest BCUT2D eigenvalue weighted by molar-refractivity contribution is 5.84. The van der Waals surface area contributed by atoms with E-state index in [4.69, 9.17) is 9.72 Å². The smallest absolute Gasteiger partial charge is 0.306 e. The first kappa shape index (κ1) is 41.1. The first-order valence-corrected chi connectivity index (χ1v) is 23.5. The molecular weight excluding hydrogens is 737 g/mol. The number of imidazole rings is 1. The van der Waals surface area contributed by atoms with Crippen molar-refractivity contribution in [1.82, 2.24) is 19.9 Å². The normalized spacial score (nSPS) is 40.6. The molecule has 1 aliphatic heterocycles. The Hall–Kier alpha value is -3.23. The average Bonchev–Trinajstić information content (AvgIpc) is 3.56. The molecule has 6 aliphatic carbocycles. The number of likely N-dealkylation sites (tertiary alicyclic amines) is 1. The Morgan fingerprint density at radius 1 is 0.847 bits per heavy atom. The van der Waals surface area contributed by atoms with Gasteiger partial charge in [-0.15, -0.1) is 0 Å². The highest BCUT2D eigenvalue weighted by Crippen LogP contribution is 2.79. The lowest BCUT2D eigenvalue weighted by atomic mass is 9.32. The fourth-order valence-corrected chi connectivity index (χ4v) is 16.3. The number of carbonyl (C=O) groups is 3. The zero-order valence-electron chi connectivity index (χ0n) is 37.4. The number of fused-ring (bicyclic) bond motifs is 7. The number of nitrogens with zero attached hydrogens (tertiary/aromatic N) is 3. The van der Waals surface area contributed by atoms with E-state index in [9.17, 15) is 14.7 Å². The molecule has 2 aromatic rings. The van der Waals surface area contributed by atoms with Crippen molar-refractivity contribution < 1.29 is 24.2 Å². The van der Waals surface area contributed by atoms with Crippen LogP contribution in [0.2, 0.25) is 0 Å². The molecule has 11 atom stereocenters. The second kappa shape index (κ2) is 13.9. The molecule has 0 radical (unpaired) electrons. The number of amides is 1. The van der Waals surface area contributed by atoms with Crippen molar-refractivity contribution in [3.63, 3.8) is 0 Å². The summed E-state index contributed by atoms with van der Waals surface area (Å²) in [6.45, 7) is 19.7. The second-order valence-electron chi connectivity index (χ2n) is 23.5. The number of aromatic amines is 1. The number of aromatic nitrogens is 3. The molecule has 6 saturated carbocycles. The minimum Gasteiger partial charge on any atom is -0.481 e. The van der Waals surface area contributed by atoms with Gasteiger partial charge in [0, 0.05) is 29.9 Å². The number of hydrogen-bond donors (Lipinski definition) is 2. The molecule has 1 saturated heterocycles. The molecule has 322 valence electrons. The topological polar surface area (TPSA) is 125 Å². The largest absolute Gasteiger partial charge is 0.481 e. The van der Waals surface area contributed by atoms with Crippen molar-refractivity contribution in [2.24, 2.45) is 67.5 Å². The molecule has 7 fully saturated rings. The van der Waals surface area contributed by atoms with Crippen molar-refractivity contribution in [3.05, 3.63) is 36.5 Å². The third-order valence-corrected chi connectivity index (χ3v) is 19.7. The summed E-state index contributed by atoms with van der Waals surface area (Å²) in [5.74, 6) is 2.78. The Morgan fingerprint density at radius 2 is 1.63 bits per heavy atom. The summed E-state index contributed by atoms with van der Waals surface area (Å²) in [4.78, 5) is 55.6. The molecule has 59 heavy (non-hydrogen) atoms. The molecule has 7 aliphatic rings. The highest BCUT2D eigenvalue weighted by atomic mass is 16.5. The fourth-order valence-electron chi connectivity index (χ4n) is 16.3. The van der Waals surface area contributed by atoms with Gasteiger partial charge in [-0.2, -0.15) is 0 Å². The zero-order valence-corrected chi connectivity index (χ0v) is 37.4. The predicted molar refractivity (Wildman–Crippen MR) is 228 cm³/mol. The Kier molecular flexibility index (Phi) is 9.69. The fraction of sp³-hybridized carbons (Fsp3) is 0.780. The highest BCUT2D eigenvalue weighted by Gasteiger charge is 2.74. The quantitative estimate of drug-likeness (QED) is 0.242. The van der Waals surface area contributed by atoms with E-state index in [1.165, 1.54) is 38.5 Å². The SMILES string of the molecule is CC(C)(CC(=O)O)CC(=O)O[C@H]1CC[C@]2(C)[C@H]3CC[C@@H]4[C@H]5C(C6(C)CC6)CC[C@]5(C(=O)N5CCC[C@H]5c5ncc(-c6cccnc6)[nH]5)CC[C@@]4(C)[C@]3(C)CC[C@H]2C1(C)C. The molecule has 3 heterocycles. The lowest BCUT2D eigenvalue weighted by molar-refractivity contribution is -0.251. The summed E-state index contributed by atoms with van der Waals surface area (Å²) in [5.41, 5.74) is 1.68. The summed E-state index contributed by atoms with van der Waals surface area (Å²) in [6.07, 6.45) is 21.0. The lowest BCUT2D eigenvalue weighted by Crippen LogP contribution is -2.67. The van der Waals surface area contributed by atoms with Crippen LogP contribution >= 0.6 is 0 Å². The van der Waals surface area contributed by atoms with Crippen LogP contribution in [0.25, 0.3) is 11.3 Å². The number of nitrogens with one attached hydrogen (secondary N) is 1. The number of aliphatic carboxylic acids is 1. The Bertz CT molecular complexity index is 1970. The van der Waals surface area contributed by atoms with E-state index in [1.807, 2.05) is 32.3 Å². The maximum atomic E-state index is 15.7. The molecule has 1 amide bonds. The van der Waals surface area contributed by atoms with Gasteiger partial charge in [0.25, 0.3) is 0 Å². The second-order valence-corrected chi connectivity index (χ2v) is 23.5. The predicted octanol–water partition coefficient (Wildman–Crippen LogP) is 10.8. The molecule has 1 unspecified atom stereocenters. The molecule has 0 bridgehead atoms. The summed E-state index contributed by atoms with van der Waals surface area (Å²) in [5, 5.41) is 9.41. The van der Waals surface area contributed by atoms with Gasteiger partial charge in [-0.3, -0.25) is 19.4 Å². The first-order chi connectivity index (χ1) is 27.8. The van der Waals surface area contributed by atoms with Crippen LogP contribution in [0, 0.1) is 67.5 Å². The molecule has 0 aromatic carbocycles. The van der Waals surface area contributed by atoms with Crippen LogP contribution in [0.1, 0.15) is 170 Å². The number of carboxylic acids is 1. The lowest BCUT2D eigenvalue weighted by Gasteiger charge is -2.73. The van der Waals surface area contributed by atoms with Crippen LogP contribution in [0.15, 0.2) is 30.7 Å². The number of carbonyl (C=O) groups excluding carboxylic acids is 2. The molecular formula is C50H72N4O5. The molecule has 9 rings (SSSR count). The number of rotatable bonds is 9. The van der Waals surface area contributed by atoms with Gasteiger partial charge < -0.3 is 19.7 Å². The summed E-state index contributed by atoms with van der Waals surface area (Å²) >= 11 is 0. The monoisotopic (exact) mass is 809 g/mol. The number of carboxylic acid groups (broad SMARTS) is 1. The van der Waals surface area contributed by atoms with E-state index in [1.54, 1.807) is 6.20 Å². The van der Waals surface area contributed by atoms with E-state index in [2.05, 4.69) is 62.5 Å². The van der Waals surface area contributed by atoms with Crippen LogP contribution in [0.4, 0.5) is 0 Å². The van der Waals surface area contributed by atoms with E-state index >= 15 is 4.79 Å². The van der Waals surface area contributed by atoms with E-state index in [0.717, 1.165) is 75.0 Å². The summed E-state index contributed by atoms with van der Waals surface area (Å²) in [7, 11) is 0. The van der Waals surface area contributed by atoms with Gasteiger partial charge in [-0.05, 0) is 159 Å². The maximum absolute atomic E-state index is 15.7. The van der Waals surface area contributed by atoms with Gasteiger partial charge in [0.2, 0.25) is 5.91 Å². The third kappa shape index (κ3) is 6.29. The van der Waals surface area contributed by atoms with Crippen molar-refractivity contribution in [2.75, 3.05) is 6.54 Å². The molecule has 9 heteroatoms. The molecule has 2 aromatic heterocycles. The molecule has 0 spiro atoms. The Balaban J connectivity index is 0.980. The summed E-state index contributed by atoms with van der Waals surface area (Å²) < 4.78 is 6.34. The standard InChI is InChI=1S/C50H72N4O5/c1-44(2,27-39(55)56)28-40(57)59-38-17-18-47(6)36(45(38,3)4)16-19-49(8)37(47)14-13-33-41-32(46(5)21-22-46)15-20-50(41,24-23-48(33,49)7)43(58)54-26-10-12-35(54)42-52-30-34(53-42)31-11-9-25-51-29-31/h9,11,25,29-30,32-33,35-38,41H,10,12-24,26-28H2,1-8H3,(H,52,53)(H,55,56)/t32?,33-,35+,36+,37-,38+,41-,47+,48-,49-,50+/m1/s1.